The van der Waals surface area contributed by atoms with Crippen molar-refractivity contribution < 1.29 is 86.6 Å². The molecular formula is C54H54N2O18. The zero-order valence-electron chi connectivity index (χ0n) is 40.9. The number of aliphatic hydroxyl groups excluding tert-OH is 1. The van der Waals surface area contributed by atoms with Crippen LogP contribution < -0.4 is 5.32 Å². The van der Waals surface area contributed by atoms with Crippen molar-refractivity contribution in [3.63, 3.8) is 0 Å². The number of aliphatic hydroxyl groups is 2. The first-order valence-corrected chi connectivity index (χ1v) is 24.2. The maximum atomic E-state index is 15.7. The summed E-state index contributed by atoms with van der Waals surface area (Å²) in [5.41, 5.74) is -7.76. The van der Waals surface area contributed by atoms with Crippen LogP contribution >= 0.6 is 0 Å². The normalized spacial score (nSPS) is 29.2. The summed E-state index contributed by atoms with van der Waals surface area (Å²) in [6, 6.07) is 22.7. The summed E-state index contributed by atoms with van der Waals surface area (Å²) in [7, 11) is 0. The van der Waals surface area contributed by atoms with E-state index in [4.69, 9.17) is 33.3 Å². The Hall–Kier alpha value is -7.55. The zero-order chi connectivity index (χ0) is 52.9. The van der Waals surface area contributed by atoms with Crippen molar-refractivity contribution in [1.82, 2.24) is 10.4 Å². The second-order valence-electron chi connectivity index (χ2n) is 19.4. The number of hydrogen-bond donors (Lipinski definition) is 3. The molecule has 0 radical (unpaired) electrons. The van der Waals surface area contributed by atoms with Crippen LogP contribution in [0.1, 0.15) is 105 Å². The average molecular weight is 1020 g/mol. The number of fused-ring (bicyclic) bond motifs is 1. The van der Waals surface area contributed by atoms with Gasteiger partial charge in [-0.1, -0.05) is 73.7 Å². The lowest BCUT2D eigenvalue weighted by Crippen LogP contribution is -2.95. The van der Waals surface area contributed by atoms with Gasteiger partial charge < -0.3 is 48.8 Å². The highest BCUT2D eigenvalue weighted by molar-refractivity contribution is 6.08. The van der Waals surface area contributed by atoms with Crippen LogP contribution in [0.5, 0.6) is 0 Å². The first-order valence-electron chi connectivity index (χ1n) is 24.2. The third-order valence-electron chi connectivity index (χ3n) is 15.3. The number of carbonyl (C=O) groups excluding carboxylic acids is 9. The number of nitrogens with zero attached hydrogens (tertiary/aromatic N) is 1. The number of Topliss-reactive ketones (excluding diaryl/α,β-unsaturated/α-hetero) is 1. The summed E-state index contributed by atoms with van der Waals surface area (Å²) in [4.78, 5) is 126. The Balaban J connectivity index is 1.13. The smallest absolute Gasteiger partial charge is 0.338 e. The molecule has 3 N–H and O–H groups in total. The van der Waals surface area contributed by atoms with Gasteiger partial charge in [-0.15, -0.1) is 5.06 Å². The molecule has 0 bridgehead atoms. The lowest BCUT2D eigenvalue weighted by atomic mass is 9.25. The van der Waals surface area contributed by atoms with Gasteiger partial charge in [0.1, 0.15) is 29.7 Å². The molecule has 2 aliphatic heterocycles. The highest BCUT2D eigenvalue weighted by Crippen LogP contribution is 2.83. The number of unbranched alkanes of at least 4 members (excludes halogenated alkanes) is 1. The maximum absolute atomic E-state index is 15.7. The number of benzene rings is 3. The number of hydrogen-bond acceptors (Lipinski definition) is 18. The summed E-state index contributed by atoms with van der Waals surface area (Å²) in [5, 5.41) is 28.7. The Morgan fingerprint density at radius 3 is 2.04 bits per heavy atom. The van der Waals surface area contributed by atoms with Gasteiger partial charge in [-0.3, -0.25) is 28.8 Å². The minimum Gasteiger partial charge on any atom is -0.497 e. The van der Waals surface area contributed by atoms with Crippen LogP contribution in [0.2, 0.25) is 0 Å². The molecule has 1 spiro atoms. The minimum atomic E-state index is -2.37. The molecule has 2 saturated carbocycles. The molecule has 74 heavy (non-hydrogen) atoms. The first kappa shape index (κ1) is 51.4. The number of ketones is 1. The second kappa shape index (κ2) is 19.7. The predicted molar refractivity (Wildman–Crippen MR) is 251 cm³/mol. The lowest BCUT2D eigenvalue weighted by Gasteiger charge is -2.81. The van der Waals surface area contributed by atoms with Gasteiger partial charge in [0.2, 0.25) is 5.78 Å². The second-order valence-corrected chi connectivity index (χ2v) is 19.4. The molecule has 4 fully saturated rings. The zero-order valence-corrected chi connectivity index (χ0v) is 40.9. The summed E-state index contributed by atoms with van der Waals surface area (Å²) < 4.78 is 37.3. The van der Waals surface area contributed by atoms with Crippen LogP contribution in [0.15, 0.2) is 113 Å². The molecule has 3 amide bonds. The van der Waals surface area contributed by atoms with Gasteiger partial charge in [-0.2, -0.15) is 0 Å². The van der Waals surface area contributed by atoms with Crippen molar-refractivity contribution in [3.8, 4) is 0 Å². The topological polar surface area (TPSA) is 274 Å². The van der Waals surface area contributed by atoms with E-state index >= 15 is 4.79 Å². The minimum absolute atomic E-state index is 0.0302. The summed E-state index contributed by atoms with van der Waals surface area (Å²) in [5.74, 6) is -7.61. The van der Waals surface area contributed by atoms with Crippen molar-refractivity contribution >= 4 is 53.4 Å². The summed E-state index contributed by atoms with van der Waals surface area (Å²) in [6.45, 7) is 4.76. The SMILES string of the molecule is CC(=O)OC1C(=O)C2=C(OCCCCC(=O)ON3C(=O)CCC3=O)CC3OC[C@@]3(OC(C)=O)C23[C@H](OC(=O)c2ccccc2)[C@]2(O)C[C@H](OC(=O)[C@H](O)[C@@H](NC(=O)c4ccccc4)c4ccccc4)C(C)=C1[C@]32C. The quantitative estimate of drug-likeness (QED) is 0.0571. The van der Waals surface area contributed by atoms with Gasteiger partial charge in [-0.05, 0) is 60.7 Å². The van der Waals surface area contributed by atoms with Crippen molar-refractivity contribution in [2.24, 2.45) is 10.8 Å². The molecule has 20 heteroatoms. The van der Waals surface area contributed by atoms with E-state index in [1.54, 1.807) is 85.8 Å². The third-order valence-corrected chi connectivity index (χ3v) is 15.3. The Kier molecular flexibility index (Phi) is 13.7. The number of rotatable bonds is 17. The standard InChI is InChI=1S/C54H54N2O18/c1-29-36(71-49(66)45(63)43(32-16-8-5-9-17-32)55-47(64)33-18-10-6-11-19-33)27-52(67)50(72-48(65)34-20-12-7-13-21-34)54-42(44(62)46(70-30(2)57)41(29)51(52,54)4)35(26-37-53(54,28-69-37)73-31(3)58)68-25-15-14-22-40(61)74-56-38(59)23-24-39(56)60/h5-13,16-21,36-37,43,45-46,50,63,67H,14-15,22-28H2,1-4H3,(H,55,64)/t36-,37?,43-,45+,46?,50+,51-,52+,53-,54?/m0/s1. The molecule has 4 aliphatic carbocycles. The third kappa shape index (κ3) is 8.15. The first-order chi connectivity index (χ1) is 35.3. The fourth-order valence-electron chi connectivity index (χ4n) is 12.1. The monoisotopic (exact) mass is 1020 g/mol. The number of nitrogens with one attached hydrogen (secondary N) is 1. The van der Waals surface area contributed by atoms with Crippen LogP contribution in [0.25, 0.3) is 0 Å². The lowest BCUT2D eigenvalue weighted by molar-refractivity contribution is -0.417. The molecule has 388 valence electrons. The molecule has 6 aliphatic rings. The van der Waals surface area contributed by atoms with Gasteiger partial charge in [0, 0.05) is 56.9 Å². The maximum Gasteiger partial charge on any atom is 0.338 e. The van der Waals surface area contributed by atoms with Crippen molar-refractivity contribution in [1.29, 1.82) is 0 Å². The van der Waals surface area contributed by atoms with Gasteiger partial charge in [0.05, 0.1) is 35.8 Å². The van der Waals surface area contributed by atoms with E-state index < -0.39 is 118 Å². The van der Waals surface area contributed by atoms with Gasteiger partial charge in [0.15, 0.2) is 17.8 Å². The number of carbonyl (C=O) groups is 9. The van der Waals surface area contributed by atoms with Crippen LogP contribution in [-0.4, -0.2) is 124 Å². The highest BCUT2D eigenvalue weighted by Gasteiger charge is 2.95. The molecule has 9 rings (SSSR count). The van der Waals surface area contributed by atoms with Crippen LogP contribution in [0.3, 0.4) is 0 Å². The average Bonchev–Trinajstić information content (AvgIpc) is 3.73. The molecular weight excluding hydrogens is 965 g/mol. The van der Waals surface area contributed by atoms with Crippen molar-refractivity contribution in [2.75, 3.05) is 13.2 Å². The molecule has 2 heterocycles. The fraction of sp³-hybridized carbons (Fsp3) is 0.426. The number of ether oxygens (including phenoxy) is 6. The van der Waals surface area contributed by atoms with Gasteiger partial charge in [0.25, 0.3) is 17.7 Å². The van der Waals surface area contributed by atoms with E-state index in [1.807, 2.05) is 0 Å². The summed E-state index contributed by atoms with van der Waals surface area (Å²) in [6.07, 6.45) is -9.21. The molecule has 3 aromatic rings. The van der Waals surface area contributed by atoms with Crippen LogP contribution in [0, 0.1) is 10.8 Å². The Morgan fingerprint density at radius 2 is 1.45 bits per heavy atom. The highest BCUT2D eigenvalue weighted by atomic mass is 16.7. The van der Waals surface area contributed by atoms with E-state index in [0.29, 0.717) is 10.6 Å². The number of amides is 3. The number of esters is 4. The van der Waals surface area contributed by atoms with E-state index in [2.05, 4.69) is 5.32 Å². The molecule has 3 unspecified atom stereocenters. The number of hydroxylamine groups is 2. The van der Waals surface area contributed by atoms with E-state index in [-0.39, 0.29) is 85.3 Å². The molecule has 0 aromatic heterocycles. The Morgan fingerprint density at radius 1 is 0.824 bits per heavy atom. The largest absolute Gasteiger partial charge is 0.497 e. The van der Waals surface area contributed by atoms with E-state index in [0.717, 1.165) is 13.8 Å². The predicted octanol–water partition coefficient (Wildman–Crippen LogP) is 3.78. The van der Waals surface area contributed by atoms with E-state index in [1.165, 1.54) is 19.1 Å². The van der Waals surface area contributed by atoms with Crippen LogP contribution in [0.4, 0.5) is 0 Å². The molecule has 20 nitrogen and oxygen atoms in total. The van der Waals surface area contributed by atoms with Crippen molar-refractivity contribution in [3.05, 3.63) is 130 Å². The summed E-state index contributed by atoms with van der Waals surface area (Å²) >= 11 is 0. The van der Waals surface area contributed by atoms with Crippen molar-refractivity contribution in [2.45, 2.75) is 120 Å². The molecule has 10 atom stereocenters. The van der Waals surface area contributed by atoms with E-state index in [9.17, 15) is 48.6 Å². The number of imide groups is 1. The van der Waals surface area contributed by atoms with Gasteiger partial charge in [-0.25, -0.2) is 14.4 Å². The Bertz CT molecular complexity index is 2870. The molecule has 2 saturated heterocycles. The van der Waals surface area contributed by atoms with Gasteiger partial charge >= 0.3 is 29.8 Å². The van der Waals surface area contributed by atoms with Crippen LogP contribution in [-0.2, 0) is 66.8 Å². The Labute approximate surface area is 423 Å². The molecule has 3 aromatic carbocycles. The fourth-order valence-corrected chi connectivity index (χ4v) is 12.1.